The number of nitrogens with two attached hydrogens (primary N) is 1. The second kappa shape index (κ2) is 5.87. The lowest BCUT2D eigenvalue weighted by Gasteiger charge is -2.11. The Morgan fingerprint density at radius 2 is 2.20 bits per heavy atom. The number of para-hydroxylation sites is 1. The van der Waals surface area contributed by atoms with Gasteiger partial charge in [0, 0.05) is 24.5 Å². The Labute approximate surface area is 116 Å². The molecule has 20 heavy (non-hydrogen) atoms. The number of nitrogens with one attached hydrogen (secondary N) is 3. The van der Waals surface area contributed by atoms with E-state index in [2.05, 4.69) is 10.3 Å². The maximum absolute atomic E-state index is 7.93. The van der Waals surface area contributed by atoms with Crippen LogP contribution >= 0.6 is 0 Å². The van der Waals surface area contributed by atoms with Gasteiger partial charge in [0.05, 0.1) is 7.11 Å². The van der Waals surface area contributed by atoms with E-state index in [1.165, 1.54) is 17.0 Å². The number of hydrogen-bond donors (Lipinski definition) is 4. The zero-order valence-electron chi connectivity index (χ0n) is 11.1. The fourth-order valence-corrected chi connectivity index (χ4v) is 1.78. The van der Waals surface area contributed by atoms with Crippen LogP contribution in [-0.4, -0.2) is 22.6 Å². The molecule has 1 aromatic heterocycles. The highest BCUT2D eigenvalue weighted by Gasteiger charge is 2.05. The number of hydrogen-bond acceptors (Lipinski definition) is 5. The third kappa shape index (κ3) is 2.77. The van der Waals surface area contributed by atoms with Gasteiger partial charge in [-0.3, -0.25) is 15.4 Å². The maximum Gasteiger partial charge on any atom is 0.198 e. The fourth-order valence-electron chi connectivity index (χ4n) is 1.78. The molecular weight excluding hydrogens is 256 g/mol. The van der Waals surface area contributed by atoms with Crippen LogP contribution in [0.1, 0.15) is 5.56 Å². The van der Waals surface area contributed by atoms with Gasteiger partial charge in [-0.25, -0.2) is 4.98 Å². The van der Waals surface area contributed by atoms with Gasteiger partial charge in [-0.05, 0) is 6.07 Å². The summed E-state index contributed by atoms with van der Waals surface area (Å²) in [5.74, 6) is 0.897. The van der Waals surface area contributed by atoms with E-state index in [1.54, 1.807) is 7.11 Å². The first-order chi connectivity index (χ1) is 9.63. The van der Waals surface area contributed by atoms with Gasteiger partial charge in [0.1, 0.15) is 5.75 Å². The number of rotatable bonds is 4. The van der Waals surface area contributed by atoms with Crippen LogP contribution in [0.15, 0.2) is 36.7 Å². The number of methoxy groups -OCH3 is 1. The molecule has 2 aromatic rings. The minimum absolute atomic E-state index is 0.0369. The summed E-state index contributed by atoms with van der Waals surface area (Å²) in [6.07, 6.45) is 2.96. The van der Waals surface area contributed by atoms with Crippen LogP contribution in [0.5, 0.6) is 5.75 Å². The van der Waals surface area contributed by atoms with Gasteiger partial charge >= 0.3 is 0 Å². The second-order valence-corrected chi connectivity index (χ2v) is 4.05. The number of anilines is 1. The first-order valence-electron chi connectivity index (χ1n) is 5.96. The molecule has 104 valence electrons. The van der Waals surface area contributed by atoms with E-state index in [4.69, 9.17) is 21.3 Å². The summed E-state index contributed by atoms with van der Waals surface area (Å²) in [4.78, 5) is 4.08. The molecule has 0 saturated heterocycles. The van der Waals surface area contributed by atoms with E-state index >= 15 is 0 Å². The van der Waals surface area contributed by atoms with Crippen molar-refractivity contribution in [2.75, 3.05) is 12.4 Å². The molecule has 0 fully saturated rings. The lowest BCUT2D eigenvalue weighted by Crippen LogP contribution is -2.33. The molecule has 0 radical (unpaired) electrons. The van der Waals surface area contributed by atoms with Gasteiger partial charge in [-0.15, -0.1) is 0 Å². The van der Waals surface area contributed by atoms with E-state index in [9.17, 15) is 0 Å². The number of nitrogens with zero attached hydrogens (tertiary/aromatic N) is 2. The van der Waals surface area contributed by atoms with Crippen LogP contribution in [0.2, 0.25) is 0 Å². The summed E-state index contributed by atoms with van der Waals surface area (Å²) in [5, 5.41) is 18.4. The molecule has 0 saturated carbocycles. The molecule has 1 heterocycles. The van der Waals surface area contributed by atoms with Gasteiger partial charge in [-0.1, -0.05) is 18.2 Å². The van der Waals surface area contributed by atoms with Crippen molar-refractivity contribution < 1.29 is 4.74 Å². The molecule has 7 heteroatoms. The van der Waals surface area contributed by atoms with Crippen LogP contribution in [-0.2, 0) is 6.54 Å². The van der Waals surface area contributed by atoms with E-state index in [0.29, 0.717) is 12.4 Å². The van der Waals surface area contributed by atoms with Gasteiger partial charge in [0.2, 0.25) is 0 Å². The molecule has 0 aliphatic heterocycles. The van der Waals surface area contributed by atoms with E-state index in [-0.39, 0.29) is 11.4 Å². The second-order valence-electron chi connectivity index (χ2n) is 4.05. The highest BCUT2D eigenvalue weighted by atomic mass is 16.5. The molecule has 0 aliphatic rings. The molecule has 7 nitrogen and oxygen atoms in total. The quantitative estimate of drug-likeness (QED) is 0.485. The molecule has 0 atom stereocenters. The van der Waals surface area contributed by atoms with Crippen LogP contribution in [0.25, 0.3) is 0 Å². The zero-order valence-corrected chi connectivity index (χ0v) is 11.1. The Balaban J connectivity index is 2.22. The van der Waals surface area contributed by atoms with Crippen molar-refractivity contribution in [1.82, 2.24) is 9.55 Å². The minimum atomic E-state index is -0.224. The normalized spacial score (nSPS) is 10.1. The molecule has 0 bridgehead atoms. The van der Waals surface area contributed by atoms with Crippen LogP contribution in [0, 0.1) is 10.8 Å². The molecule has 1 aromatic carbocycles. The largest absolute Gasteiger partial charge is 0.496 e. The third-order valence-corrected chi connectivity index (χ3v) is 2.78. The highest BCUT2D eigenvalue weighted by Crippen LogP contribution is 2.17. The average Bonchev–Trinajstić information content (AvgIpc) is 2.46. The van der Waals surface area contributed by atoms with Crippen molar-refractivity contribution in [3.8, 4) is 5.75 Å². The van der Waals surface area contributed by atoms with E-state index < -0.39 is 0 Å². The van der Waals surface area contributed by atoms with Crippen LogP contribution in [0.3, 0.4) is 0 Å². The predicted octanol–water partition coefficient (Wildman–Crippen LogP) is 0.725. The topological polar surface area (TPSA) is 113 Å². The van der Waals surface area contributed by atoms with Crippen molar-refractivity contribution in [2.24, 2.45) is 5.73 Å². The Bertz CT molecular complexity index is 679. The van der Waals surface area contributed by atoms with Crippen molar-refractivity contribution in [1.29, 1.82) is 10.8 Å². The predicted molar refractivity (Wildman–Crippen MR) is 75.7 cm³/mol. The summed E-state index contributed by atoms with van der Waals surface area (Å²) in [7, 11) is 1.61. The third-order valence-electron chi connectivity index (χ3n) is 2.78. The smallest absolute Gasteiger partial charge is 0.198 e. The summed E-state index contributed by atoms with van der Waals surface area (Å²) in [5.41, 5.74) is 6.38. The molecule has 0 amide bonds. The van der Waals surface area contributed by atoms with Crippen molar-refractivity contribution in [2.45, 2.75) is 6.54 Å². The molecule has 0 aliphatic carbocycles. The lowest BCUT2D eigenvalue weighted by molar-refractivity contribution is 0.410. The number of aromatic nitrogens is 2. The summed E-state index contributed by atoms with van der Waals surface area (Å²) in [6.45, 7) is 0.463. The lowest BCUT2D eigenvalue weighted by atomic mass is 10.2. The summed E-state index contributed by atoms with van der Waals surface area (Å²) in [6, 6.07) is 7.60. The Morgan fingerprint density at radius 3 is 2.90 bits per heavy atom. The Morgan fingerprint density at radius 1 is 1.45 bits per heavy atom. The molecule has 2 rings (SSSR count). The molecule has 0 spiro atoms. The van der Waals surface area contributed by atoms with E-state index in [1.807, 2.05) is 24.3 Å². The van der Waals surface area contributed by atoms with Crippen molar-refractivity contribution in [3.63, 3.8) is 0 Å². The van der Waals surface area contributed by atoms with Gasteiger partial charge in [-0.2, -0.15) is 0 Å². The fraction of sp³-hybridized carbons (Fsp3) is 0.154. The number of ether oxygens (including phenoxy) is 1. The SMILES string of the molecule is COc1ccccc1CNc1nccn(C(=N)N)c1=N. The Kier molecular flexibility index (Phi) is 3.99. The molecular formula is C13H16N6O. The van der Waals surface area contributed by atoms with Crippen molar-refractivity contribution >= 4 is 11.8 Å². The van der Waals surface area contributed by atoms with Crippen LogP contribution < -0.4 is 21.3 Å². The standard InChI is InChI=1S/C13H16N6O/c1-20-10-5-3-2-4-9(10)8-18-12-11(14)19(13(15)16)7-6-17-12/h2-7,14H,8H2,1H3,(H3,15,16)(H,17,18). The average molecular weight is 272 g/mol. The minimum Gasteiger partial charge on any atom is -0.496 e. The maximum atomic E-state index is 7.93. The summed E-state index contributed by atoms with van der Waals surface area (Å²) < 4.78 is 6.49. The van der Waals surface area contributed by atoms with E-state index in [0.717, 1.165) is 11.3 Å². The molecule has 0 unspecified atom stereocenters. The first-order valence-corrected chi connectivity index (χ1v) is 5.96. The van der Waals surface area contributed by atoms with Crippen molar-refractivity contribution in [3.05, 3.63) is 47.7 Å². The first kappa shape index (κ1) is 13.6. The summed E-state index contributed by atoms with van der Waals surface area (Å²) >= 11 is 0. The Hall–Kier alpha value is -2.83. The highest BCUT2D eigenvalue weighted by molar-refractivity contribution is 5.77. The number of benzene rings is 1. The number of nitrogen functional groups attached to an aromatic ring is 1. The van der Waals surface area contributed by atoms with Gasteiger partial charge in [0.25, 0.3) is 0 Å². The van der Waals surface area contributed by atoms with Gasteiger partial charge < -0.3 is 15.8 Å². The van der Waals surface area contributed by atoms with Crippen LogP contribution in [0.4, 0.5) is 5.82 Å². The van der Waals surface area contributed by atoms with Gasteiger partial charge in [0.15, 0.2) is 17.3 Å². The molecule has 5 N–H and O–H groups in total. The monoisotopic (exact) mass is 272 g/mol. The zero-order chi connectivity index (χ0) is 14.5.